The molecule has 1 saturated heterocycles. The number of aromatic nitrogens is 1. The Morgan fingerprint density at radius 3 is 2.95 bits per heavy atom. The number of ether oxygens (including phenoxy) is 2. The summed E-state index contributed by atoms with van der Waals surface area (Å²) in [5, 5.41) is 0.310. The number of hydrogen-bond donors (Lipinski definition) is 0. The Morgan fingerprint density at radius 1 is 1.55 bits per heavy atom. The normalized spacial score (nSPS) is 18.4. The zero-order valence-corrected chi connectivity index (χ0v) is 15.3. The first-order chi connectivity index (χ1) is 10.3. The second-order valence-electron chi connectivity index (χ2n) is 6.22. The smallest absolute Gasteiger partial charge is 0.410 e. The molecule has 2 rings (SSSR count). The predicted molar refractivity (Wildman–Crippen MR) is 88.4 cm³/mol. The van der Waals surface area contributed by atoms with Crippen molar-refractivity contribution < 1.29 is 14.3 Å². The second-order valence-corrected chi connectivity index (χ2v) is 7.50. The van der Waals surface area contributed by atoms with E-state index in [4.69, 9.17) is 21.1 Å². The van der Waals surface area contributed by atoms with Gasteiger partial charge in [0.25, 0.3) is 0 Å². The molecule has 2 heterocycles. The van der Waals surface area contributed by atoms with Crippen LogP contribution in [0.15, 0.2) is 16.7 Å². The number of carbonyl (C=O) groups excluding carboxylic acids is 1. The molecule has 0 N–H and O–H groups in total. The summed E-state index contributed by atoms with van der Waals surface area (Å²) in [6.07, 6.45) is 3.14. The predicted octanol–water partition coefficient (Wildman–Crippen LogP) is 4.28. The van der Waals surface area contributed by atoms with Crippen molar-refractivity contribution in [1.29, 1.82) is 0 Å². The van der Waals surface area contributed by atoms with E-state index in [1.54, 1.807) is 17.2 Å². The summed E-state index contributed by atoms with van der Waals surface area (Å²) >= 11 is 9.34. The molecule has 0 saturated carbocycles. The highest BCUT2D eigenvalue weighted by atomic mass is 79.9. The summed E-state index contributed by atoms with van der Waals surface area (Å²) in [5.74, 6) is 0.507. The number of pyridine rings is 1. The SMILES string of the molecule is CC(C)(C)OC(=O)N1CCC[C@H]1COc1cc(Br)cnc1Cl. The summed E-state index contributed by atoms with van der Waals surface area (Å²) in [6.45, 7) is 6.64. The van der Waals surface area contributed by atoms with Gasteiger partial charge < -0.3 is 14.4 Å². The van der Waals surface area contributed by atoms with Gasteiger partial charge >= 0.3 is 6.09 Å². The lowest BCUT2D eigenvalue weighted by Crippen LogP contribution is -2.42. The van der Waals surface area contributed by atoms with Gasteiger partial charge in [-0.05, 0) is 55.6 Å². The molecule has 1 fully saturated rings. The van der Waals surface area contributed by atoms with Crippen molar-refractivity contribution >= 4 is 33.6 Å². The molecule has 0 bridgehead atoms. The fourth-order valence-electron chi connectivity index (χ4n) is 2.26. The van der Waals surface area contributed by atoms with Crippen LogP contribution < -0.4 is 4.74 Å². The van der Waals surface area contributed by atoms with Gasteiger partial charge in [-0.1, -0.05) is 11.6 Å². The molecule has 1 aromatic rings. The minimum atomic E-state index is -0.497. The quantitative estimate of drug-likeness (QED) is 0.722. The lowest BCUT2D eigenvalue weighted by molar-refractivity contribution is 0.0187. The van der Waals surface area contributed by atoms with Crippen LogP contribution in [0.25, 0.3) is 0 Å². The van der Waals surface area contributed by atoms with E-state index < -0.39 is 5.60 Å². The first-order valence-corrected chi connectivity index (χ1v) is 8.37. The van der Waals surface area contributed by atoms with Crippen LogP contribution in [-0.4, -0.2) is 40.8 Å². The number of nitrogens with zero attached hydrogens (tertiary/aromatic N) is 2. The summed E-state index contributed by atoms with van der Waals surface area (Å²) in [5.41, 5.74) is -0.497. The number of amides is 1. The van der Waals surface area contributed by atoms with E-state index in [1.165, 1.54) is 0 Å². The minimum Gasteiger partial charge on any atom is -0.488 e. The second kappa shape index (κ2) is 7.04. The van der Waals surface area contributed by atoms with Crippen LogP contribution in [0.3, 0.4) is 0 Å². The molecule has 1 aliphatic rings. The first-order valence-electron chi connectivity index (χ1n) is 7.20. The van der Waals surface area contributed by atoms with E-state index in [0.717, 1.165) is 17.3 Å². The Labute approximate surface area is 144 Å². The van der Waals surface area contributed by atoms with E-state index in [0.29, 0.717) is 24.1 Å². The van der Waals surface area contributed by atoms with Crippen LogP contribution in [0.4, 0.5) is 4.79 Å². The molecule has 1 aromatic heterocycles. The van der Waals surface area contributed by atoms with Crippen LogP contribution in [0.5, 0.6) is 5.75 Å². The highest BCUT2D eigenvalue weighted by Gasteiger charge is 2.32. The van der Waals surface area contributed by atoms with Crippen LogP contribution in [0.2, 0.25) is 5.15 Å². The number of likely N-dealkylation sites (tertiary alicyclic amines) is 1. The van der Waals surface area contributed by atoms with Crippen molar-refractivity contribution in [2.24, 2.45) is 0 Å². The zero-order chi connectivity index (χ0) is 16.3. The molecule has 1 amide bonds. The third-order valence-corrected chi connectivity index (χ3v) is 3.93. The summed E-state index contributed by atoms with van der Waals surface area (Å²) in [4.78, 5) is 17.9. The van der Waals surface area contributed by atoms with E-state index in [9.17, 15) is 4.79 Å². The topological polar surface area (TPSA) is 51.7 Å². The standard InChI is InChI=1S/C15H20BrClN2O3/c1-15(2,3)22-14(20)19-6-4-5-11(19)9-21-12-7-10(16)8-18-13(12)17/h7-8,11H,4-6,9H2,1-3H3/t11-/m0/s1. The Bertz CT molecular complexity index is 548. The lowest BCUT2D eigenvalue weighted by atomic mass is 10.2. The average molecular weight is 392 g/mol. The van der Waals surface area contributed by atoms with Crippen LogP contribution in [-0.2, 0) is 4.74 Å². The maximum atomic E-state index is 12.2. The molecular weight excluding hydrogens is 372 g/mol. The Hall–Kier alpha value is -1.01. The fourth-order valence-corrected chi connectivity index (χ4v) is 2.73. The van der Waals surface area contributed by atoms with Gasteiger partial charge in [0.2, 0.25) is 0 Å². The van der Waals surface area contributed by atoms with Crippen molar-refractivity contribution in [2.75, 3.05) is 13.2 Å². The van der Waals surface area contributed by atoms with Crippen molar-refractivity contribution in [3.8, 4) is 5.75 Å². The van der Waals surface area contributed by atoms with Crippen LogP contribution in [0, 0.1) is 0 Å². The molecule has 0 aliphatic carbocycles. The highest BCUT2D eigenvalue weighted by Crippen LogP contribution is 2.27. The van der Waals surface area contributed by atoms with E-state index >= 15 is 0 Å². The molecule has 122 valence electrons. The van der Waals surface area contributed by atoms with Crippen molar-refractivity contribution in [3.63, 3.8) is 0 Å². The largest absolute Gasteiger partial charge is 0.488 e. The maximum absolute atomic E-state index is 12.2. The molecule has 5 nitrogen and oxygen atoms in total. The minimum absolute atomic E-state index is 0.00935. The van der Waals surface area contributed by atoms with Gasteiger partial charge in [0.1, 0.15) is 12.2 Å². The van der Waals surface area contributed by atoms with Crippen molar-refractivity contribution in [1.82, 2.24) is 9.88 Å². The average Bonchev–Trinajstić information content (AvgIpc) is 2.86. The third-order valence-electron chi connectivity index (χ3n) is 3.21. The Morgan fingerprint density at radius 2 is 2.27 bits per heavy atom. The van der Waals surface area contributed by atoms with E-state index in [2.05, 4.69) is 20.9 Å². The summed E-state index contributed by atoms with van der Waals surface area (Å²) < 4.78 is 12.0. The molecule has 0 unspecified atom stereocenters. The fraction of sp³-hybridized carbons (Fsp3) is 0.600. The lowest BCUT2D eigenvalue weighted by Gasteiger charge is -2.28. The monoisotopic (exact) mass is 390 g/mol. The van der Waals surface area contributed by atoms with E-state index in [-0.39, 0.29) is 12.1 Å². The van der Waals surface area contributed by atoms with E-state index in [1.807, 2.05) is 20.8 Å². The summed E-state index contributed by atoms with van der Waals surface area (Å²) in [6, 6.07) is 1.76. The van der Waals surface area contributed by atoms with Gasteiger partial charge in [0.05, 0.1) is 6.04 Å². The van der Waals surface area contributed by atoms with Gasteiger partial charge in [0.15, 0.2) is 10.9 Å². The van der Waals surface area contributed by atoms with Gasteiger partial charge in [-0.3, -0.25) is 0 Å². The molecule has 1 atom stereocenters. The maximum Gasteiger partial charge on any atom is 0.410 e. The Balaban J connectivity index is 1.97. The van der Waals surface area contributed by atoms with Crippen molar-refractivity contribution in [3.05, 3.63) is 21.9 Å². The summed E-state index contributed by atoms with van der Waals surface area (Å²) in [7, 11) is 0. The highest BCUT2D eigenvalue weighted by molar-refractivity contribution is 9.10. The molecule has 22 heavy (non-hydrogen) atoms. The van der Waals surface area contributed by atoms with Crippen LogP contribution >= 0.6 is 27.5 Å². The zero-order valence-electron chi connectivity index (χ0n) is 12.9. The Kier molecular flexibility index (Phi) is 5.55. The van der Waals surface area contributed by atoms with Gasteiger partial charge in [-0.25, -0.2) is 9.78 Å². The number of hydrogen-bond acceptors (Lipinski definition) is 4. The molecule has 7 heteroatoms. The van der Waals surface area contributed by atoms with Gasteiger partial charge in [0, 0.05) is 17.2 Å². The number of rotatable bonds is 3. The molecule has 0 spiro atoms. The number of halogens is 2. The molecular formula is C15H20BrClN2O3. The van der Waals surface area contributed by atoms with Crippen LogP contribution in [0.1, 0.15) is 33.6 Å². The van der Waals surface area contributed by atoms with Gasteiger partial charge in [-0.15, -0.1) is 0 Å². The molecule has 0 aromatic carbocycles. The third kappa shape index (κ3) is 4.74. The number of carbonyl (C=O) groups is 1. The molecule has 0 radical (unpaired) electrons. The molecule has 1 aliphatic heterocycles. The van der Waals surface area contributed by atoms with Gasteiger partial charge in [-0.2, -0.15) is 0 Å². The first kappa shape index (κ1) is 17.3. The van der Waals surface area contributed by atoms with Crippen molar-refractivity contribution in [2.45, 2.75) is 45.3 Å².